The van der Waals surface area contributed by atoms with Crippen LogP contribution in [0.4, 0.5) is 11.4 Å². The van der Waals surface area contributed by atoms with Crippen molar-refractivity contribution in [3.63, 3.8) is 0 Å². The predicted molar refractivity (Wildman–Crippen MR) is 103 cm³/mol. The lowest BCUT2D eigenvalue weighted by Crippen LogP contribution is -2.40. The van der Waals surface area contributed by atoms with Crippen molar-refractivity contribution < 1.29 is 24.2 Å². The lowest BCUT2D eigenvalue weighted by Gasteiger charge is -2.36. The second kappa shape index (κ2) is 6.68. The minimum Gasteiger partial charge on any atom is -0.474 e. The van der Waals surface area contributed by atoms with E-state index in [9.17, 15) is 14.4 Å². The van der Waals surface area contributed by atoms with Crippen molar-refractivity contribution in [1.29, 1.82) is 0 Å². The first-order valence-corrected chi connectivity index (χ1v) is 9.23. The molecule has 4 rings (SSSR count). The maximum Gasteiger partial charge on any atom is 0.394 e. The SMILES string of the molecule is O=C(O)C(=O)Nc1cc(Cl)c(Oc2ccc3c(c2)C2(CCC2)C(=O)N3)c(Cl)c1. The fraction of sp³-hybridized carbons (Fsp3) is 0.211. The number of rotatable bonds is 3. The number of carbonyl (C=O) groups excluding carboxylic acids is 2. The van der Waals surface area contributed by atoms with Gasteiger partial charge in [0.15, 0.2) is 5.75 Å². The Kier molecular flexibility index (Phi) is 4.44. The third kappa shape index (κ3) is 2.96. The van der Waals surface area contributed by atoms with Crippen LogP contribution in [0.5, 0.6) is 11.5 Å². The van der Waals surface area contributed by atoms with E-state index < -0.39 is 17.3 Å². The normalized spacial score (nSPS) is 16.1. The van der Waals surface area contributed by atoms with Crippen LogP contribution in [-0.4, -0.2) is 22.9 Å². The summed E-state index contributed by atoms with van der Waals surface area (Å²) in [7, 11) is 0. The standard InChI is InChI=1S/C19H14Cl2N2O5/c20-12-6-9(22-16(24)17(25)26)7-13(21)15(12)28-10-2-3-14-11(8-10)19(4-1-5-19)18(27)23-14/h2-3,6-8H,1,4-5H2,(H,22,24)(H,23,27)(H,25,26). The molecule has 1 aliphatic heterocycles. The van der Waals surface area contributed by atoms with E-state index in [1.807, 2.05) is 0 Å². The number of amides is 2. The minimum absolute atomic E-state index is 0.0143. The summed E-state index contributed by atoms with van der Waals surface area (Å²) in [5, 5.41) is 13.9. The number of hydrogen-bond acceptors (Lipinski definition) is 4. The van der Waals surface area contributed by atoms with Gasteiger partial charge in [0.25, 0.3) is 0 Å². The number of carboxylic acid groups (broad SMARTS) is 1. The molecule has 1 aliphatic carbocycles. The Bertz CT molecular complexity index is 1010. The second-order valence-corrected chi connectivity index (χ2v) is 7.54. The van der Waals surface area contributed by atoms with Crippen LogP contribution in [0, 0.1) is 0 Å². The van der Waals surface area contributed by atoms with Gasteiger partial charge in [-0.2, -0.15) is 0 Å². The molecule has 2 aromatic rings. The molecule has 0 radical (unpaired) electrons. The fourth-order valence-corrected chi connectivity index (χ4v) is 4.08. The second-order valence-electron chi connectivity index (χ2n) is 6.73. The number of hydrogen-bond donors (Lipinski definition) is 3. The number of aliphatic carboxylic acids is 1. The van der Waals surface area contributed by atoms with Crippen LogP contribution in [0.2, 0.25) is 10.0 Å². The van der Waals surface area contributed by atoms with Gasteiger partial charge in [0.2, 0.25) is 5.91 Å². The topological polar surface area (TPSA) is 105 Å². The van der Waals surface area contributed by atoms with Gasteiger partial charge in [-0.25, -0.2) is 4.79 Å². The molecule has 7 nitrogen and oxygen atoms in total. The Hall–Kier alpha value is -2.77. The molecule has 0 unspecified atom stereocenters. The summed E-state index contributed by atoms with van der Waals surface area (Å²) in [6.45, 7) is 0. The number of benzene rings is 2. The molecule has 0 saturated heterocycles. The molecule has 144 valence electrons. The number of carbonyl (C=O) groups is 3. The third-order valence-corrected chi connectivity index (χ3v) is 5.63. The van der Waals surface area contributed by atoms with Crippen molar-refractivity contribution in [3.8, 4) is 11.5 Å². The predicted octanol–water partition coefficient (Wildman–Crippen LogP) is 4.18. The van der Waals surface area contributed by atoms with Gasteiger partial charge in [0, 0.05) is 11.4 Å². The Balaban J connectivity index is 1.61. The molecule has 1 saturated carbocycles. The average Bonchev–Trinajstić information content (AvgIpc) is 2.89. The van der Waals surface area contributed by atoms with Gasteiger partial charge >= 0.3 is 11.9 Å². The summed E-state index contributed by atoms with van der Waals surface area (Å²) in [4.78, 5) is 34.2. The molecule has 2 aliphatic rings. The van der Waals surface area contributed by atoms with E-state index in [1.54, 1.807) is 18.2 Å². The molecule has 2 aromatic carbocycles. The lowest BCUT2D eigenvalue weighted by atomic mass is 9.65. The first kappa shape index (κ1) is 18.6. The van der Waals surface area contributed by atoms with Crippen LogP contribution in [0.15, 0.2) is 30.3 Å². The zero-order chi connectivity index (χ0) is 20.1. The Morgan fingerprint density at radius 1 is 1.14 bits per heavy atom. The van der Waals surface area contributed by atoms with Crippen LogP contribution in [0.25, 0.3) is 0 Å². The van der Waals surface area contributed by atoms with Gasteiger partial charge in [-0.3, -0.25) is 9.59 Å². The van der Waals surface area contributed by atoms with E-state index in [1.165, 1.54) is 12.1 Å². The van der Waals surface area contributed by atoms with E-state index in [0.29, 0.717) is 5.75 Å². The molecule has 3 N–H and O–H groups in total. The zero-order valence-corrected chi connectivity index (χ0v) is 15.9. The van der Waals surface area contributed by atoms with Crippen LogP contribution in [0.3, 0.4) is 0 Å². The minimum atomic E-state index is -1.63. The molecular formula is C19H14Cl2N2O5. The number of ether oxygens (including phenoxy) is 1. The highest BCUT2D eigenvalue weighted by Gasteiger charge is 2.51. The summed E-state index contributed by atoms with van der Waals surface area (Å²) >= 11 is 12.4. The molecule has 0 atom stereocenters. The summed E-state index contributed by atoms with van der Waals surface area (Å²) < 4.78 is 5.84. The number of nitrogens with one attached hydrogen (secondary N) is 2. The van der Waals surface area contributed by atoms with Gasteiger partial charge in [0.1, 0.15) is 5.75 Å². The van der Waals surface area contributed by atoms with Crippen molar-refractivity contribution in [2.45, 2.75) is 24.7 Å². The highest BCUT2D eigenvalue weighted by Crippen LogP contribution is 2.52. The summed E-state index contributed by atoms with van der Waals surface area (Å²) in [6, 6.07) is 7.96. The highest BCUT2D eigenvalue weighted by atomic mass is 35.5. The maximum absolute atomic E-state index is 12.3. The molecule has 0 bridgehead atoms. The van der Waals surface area contributed by atoms with E-state index in [4.69, 9.17) is 33.0 Å². The molecular weight excluding hydrogens is 407 g/mol. The maximum atomic E-state index is 12.3. The molecule has 0 aromatic heterocycles. The van der Waals surface area contributed by atoms with Crippen molar-refractivity contribution >= 4 is 52.4 Å². The van der Waals surface area contributed by atoms with Crippen LogP contribution in [0.1, 0.15) is 24.8 Å². The van der Waals surface area contributed by atoms with Crippen LogP contribution >= 0.6 is 23.2 Å². The van der Waals surface area contributed by atoms with E-state index in [2.05, 4.69) is 10.6 Å². The number of carboxylic acids is 1. The lowest BCUT2D eigenvalue weighted by molar-refractivity contribution is -0.147. The first-order chi connectivity index (χ1) is 13.3. The van der Waals surface area contributed by atoms with Crippen molar-refractivity contribution in [2.75, 3.05) is 10.6 Å². The van der Waals surface area contributed by atoms with E-state index in [-0.39, 0.29) is 27.4 Å². The van der Waals surface area contributed by atoms with Crippen molar-refractivity contribution in [1.82, 2.24) is 0 Å². The quantitative estimate of drug-likeness (QED) is 0.645. The van der Waals surface area contributed by atoms with Gasteiger partial charge in [-0.1, -0.05) is 29.6 Å². The molecule has 1 spiro atoms. The Morgan fingerprint density at radius 3 is 2.39 bits per heavy atom. The van der Waals surface area contributed by atoms with Crippen molar-refractivity contribution in [2.24, 2.45) is 0 Å². The van der Waals surface area contributed by atoms with Gasteiger partial charge < -0.3 is 20.5 Å². The third-order valence-electron chi connectivity index (χ3n) is 5.07. The zero-order valence-electron chi connectivity index (χ0n) is 14.3. The smallest absolute Gasteiger partial charge is 0.394 e. The molecule has 2 amide bonds. The molecule has 28 heavy (non-hydrogen) atoms. The van der Waals surface area contributed by atoms with Gasteiger partial charge in [0.05, 0.1) is 15.5 Å². The Labute approximate surface area is 169 Å². The largest absolute Gasteiger partial charge is 0.474 e. The van der Waals surface area contributed by atoms with Crippen LogP contribution in [-0.2, 0) is 19.8 Å². The summed E-state index contributed by atoms with van der Waals surface area (Å²) in [6.07, 6.45) is 2.60. The van der Waals surface area contributed by atoms with Crippen molar-refractivity contribution in [3.05, 3.63) is 45.9 Å². The van der Waals surface area contributed by atoms with E-state index in [0.717, 1.165) is 30.5 Å². The van der Waals surface area contributed by atoms with Gasteiger partial charge in [-0.15, -0.1) is 0 Å². The number of fused-ring (bicyclic) bond motifs is 2. The molecule has 1 fully saturated rings. The average molecular weight is 421 g/mol. The monoisotopic (exact) mass is 420 g/mol. The first-order valence-electron chi connectivity index (χ1n) is 8.47. The highest BCUT2D eigenvalue weighted by molar-refractivity contribution is 6.39. The summed E-state index contributed by atoms with van der Waals surface area (Å²) in [5.41, 5.74) is 1.33. The van der Waals surface area contributed by atoms with E-state index >= 15 is 0 Å². The molecule has 1 heterocycles. The van der Waals surface area contributed by atoms with Crippen LogP contribution < -0.4 is 15.4 Å². The number of halogens is 2. The Morgan fingerprint density at radius 2 is 1.82 bits per heavy atom. The fourth-order valence-electron chi connectivity index (χ4n) is 3.51. The summed E-state index contributed by atoms with van der Waals surface area (Å²) in [5.74, 6) is -2.19. The van der Waals surface area contributed by atoms with Gasteiger partial charge in [-0.05, 0) is 48.7 Å². The molecule has 9 heteroatoms. The number of anilines is 2.